The Bertz CT molecular complexity index is 740. The van der Waals surface area contributed by atoms with Crippen LogP contribution in [-0.4, -0.2) is 24.5 Å². The molecule has 0 aromatic heterocycles. The van der Waals surface area contributed by atoms with Gasteiger partial charge < -0.3 is 9.84 Å². The van der Waals surface area contributed by atoms with Gasteiger partial charge in [0.05, 0.1) is 13.2 Å². The van der Waals surface area contributed by atoms with Crippen molar-refractivity contribution in [1.29, 1.82) is 0 Å². The van der Waals surface area contributed by atoms with E-state index >= 15 is 0 Å². The van der Waals surface area contributed by atoms with Crippen LogP contribution in [0.3, 0.4) is 0 Å². The molecule has 2 aromatic carbocycles. The quantitative estimate of drug-likeness (QED) is 0.506. The Morgan fingerprint density at radius 3 is 2.44 bits per heavy atom. The third kappa shape index (κ3) is 6.62. The fourth-order valence-corrected chi connectivity index (χ4v) is 3.38. The van der Waals surface area contributed by atoms with Crippen molar-refractivity contribution >= 4 is 23.2 Å². The maximum absolute atomic E-state index is 10.7. The van der Waals surface area contributed by atoms with Crippen molar-refractivity contribution in [2.24, 2.45) is 10.9 Å². The Kier molecular flexibility index (Phi) is 9.89. The molecule has 0 radical (unpaired) electrons. The summed E-state index contributed by atoms with van der Waals surface area (Å²) in [4.78, 5) is 4.76. The SMILES string of the molecule is COc1cc(C=NC2CCCCC2C)c(O)c(-c2ccccc2)c1.[Cl][Zr][Cl]. The standard InChI is InChI=1S/C21H25NO2.2ClH.Zr/c1-15-8-6-7-11-20(15)22-14-17-12-18(24-2)13-19(21(17)23)16-9-4-3-5-10-16;;;/h3-5,9-10,12-15,20,23H,6-8,11H2,1-2H3;2*1H;/q;;;+2/p-2. The number of rotatable bonds is 4. The number of methoxy groups -OCH3 is 1. The average Bonchev–Trinajstić information content (AvgIpc) is 2.69. The van der Waals surface area contributed by atoms with Crippen LogP contribution in [0.5, 0.6) is 11.5 Å². The number of halogens is 2. The first-order chi connectivity index (χ1) is 13.1. The summed E-state index contributed by atoms with van der Waals surface area (Å²) in [6.07, 6.45) is 6.73. The predicted molar refractivity (Wildman–Crippen MR) is 111 cm³/mol. The van der Waals surface area contributed by atoms with E-state index in [-0.39, 0.29) is 5.75 Å². The summed E-state index contributed by atoms with van der Waals surface area (Å²) in [5.41, 5.74) is 2.45. The number of aromatic hydroxyl groups is 1. The van der Waals surface area contributed by atoms with Gasteiger partial charge in [-0.3, -0.25) is 4.99 Å². The van der Waals surface area contributed by atoms with Gasteiger partial charge in [-0.05, 0) is 36.5 Å². The van der Waals surface area contributed by atoms with Crippen LogP contribution in [0.2, 0.25) is 0 Å². The molecule has 1 fully saturated rings. The summed E-state index contributed by atoms with van der Waals surface area (Å²) in [6.45, 7) is 2.27. The van der Waals surface area contributed by atoms with Gasteiger partial charge in [-0.15, -0.1) is 0 Å². The minimum absolute atomic E-state index is 0.259. The second-order valence-corrected chi connectivity index (χ2v) is 10.4. The van der Waals surface area contributed by atoms with Crippen molar-refractivity contribution in [3.05, 3.63) is 48.0 Å². The molecule has 1 N–H and O–H groups in total. The Morgan fingerprint density at radius 1 is 1.15 bits per heavy atom. The molecular weight excluding hydrogens is 460 g/mol. The van der Waals surface area contributed by atoms with Gasteiger partial charge in [-0.25, -0.2) is 0 Å². The Labute approximate surface area is 180 Å². The first kappa shape index (κ1) is 22.5. The monoisotopic (exact) mass is 483 g/mol. The van der Waals surface area contributed by atoms with E-state index in [0.717, 1.165) is 23.3 Å². The summed E-state index contributed by atoms with van der Waals surface area (Å²) in [7, 11) is 11.5. The number of nitrogens with zero attached hydrogens (tertiary/aromatic N) is 1. The van der Waals surface area contributed by atoms with Crippen LogP contribution in [0.25, 0.3) is 11.1 Å². The number of hydrogen-bond acceptors (Lipinski definition) is 3. The van der Waals surface area contributed by atoms with E-state index in [1.807, 2.05) is 48.7 Å². The van der Waals surface area contributed by atoms with Gasteiger partial charge in [0.2, 0.25) is 0 Å². The van der Waals surface area contributed by atoms with E-state index < -0.39 is 20.8 Å². The topological polar surface area (TPSA) is 41.8 Å². The summed E-state index contributed by atoms with van der Waals surface area (Å²) in [6, 6.07) is 13.9. The van der Waals surface area contributed by atoms with Gasteiger partial charge >= 0.3 is 37.9 Å². The number of hydrogen-bond donors (Lipinski definition) is 1. The van der Waals surface area contributed by atoms with E-state index in [0.29, 0.717) is 17.5 Å². The minimum atomic E-state index is -0.826. The van der Waals surface area contributed by atoms with Gasteiger partial charge in [0.15, 0.2) is 0 Å². The molecule has 27 heavy (non-hydrogen) atoms. The molecule has 3 rings (SSSR count). The molecule has 1 aliphatic rings. The van der Waals surface area contributed by atoms with Crippen LogP contribution in [0.1, 0.15) is 38.2 Å². The molecule has 0 heterocycles. The maximum atomic E-state index is 10.7. The Balaban J connectivity index is 0.000000817. The molecule has 2 atom stereocenters. The second kappa shape index (κ2) is 11.9. The van der Waals surface area contributed by atoms with Gasteiger partial charge in [0, 0.05) is 17.3 Å². The summed E-state index contributed by atoms with van der Waals surface area (Å²) in [5, 5.41) is 10.7. The van der Waals surface area contributed by atoms with Gasteiger partial charge in [0.1, 0.15) is 11.5 Å². The van der Waals surface area contributed by atoms with Crippen molar-refractivity contribution in [3.8, 4) is 22.6 Å². The molecule has 144 valence electrons. The molecule has 0 saturated heterocycles. The summed E-state index contributed by atoms with van der Waals surface area (Å²) < 4.78 is 5.41. The van der Waals surface area contributed by atoms with Gasteiger partial charge in [0.25, 0.3) is 0 Å². The first-order valence-corrected chi connectivity index (χ1v) is 15.4. The fraction of sp³-hybridized carbons (Fsp3) is 0.381. The molecule has 0 amide bonds. The fourth-order valence-electron chi connectivity index (χ4n) is 3.38. The summed E-state index contributed by atoms with van der Waals surface area (Å²) in [5.74, 6) is 1.59. The Hall–Kier alpha value is -0.827. The van der Waals surface area contributed by atoms with E-state index in [4.69, 9.17) is 26.8 Å². The van der Waals surface area contributed by atoms with Gasteiger partial charge in [-0.2, -0.15) is 0 Å². The third-order valence-corrected chi connectivity index (χ3v) is 4.90. The molecule has 1 saturated carbocycles. The zero-order chi connectivity index (χ0) is 19.6. The number of phenolic OH excluding ortho intramolecular Hbond substituents is 1. The second-order valence-electron chi connectivity index (χ2n) is 6.66. The predicted octanol–water partition coefficient (Wildman–Crippen LogP) is 6.44. The molecule has 0 bridgehead atoms. The summed E-state index contributed by atoms with van der Waals surface area (Å²) >= 11 is -0.826. The number of aliphatic imine (C=N–C) groups is 1. The van der Waals surface area contributed by atoms with E-state index in [9.17, 15) is 5.11 Å². The molecular formula is C21H25Cl2NO2Zr. The molecule has 0 aliphatic heterocycles. The molecule has 6 heteroatoms. The average molecular weight is 486 g/mol. The normalized spacial score (nSPS) is 19.3. The van der Waals surface area contributed by atoms with Crippen LogP contribution in [0.4, 0.5) is 0 Å². The number of phenols is 1. The van der Waals surface area contributed by atoms with Crippen molar-refractivity contribution in [2.75, 3.05) is 7.11 Å². The third-order valence-electron chi connectivity index (χ3n) is 4.90. The molecule has 1 aliphatic carbocycles. The first-order valence-electron chi connectivity index (χ1n) is 9.06. The van der Waals surface area contributed by atoms with Crippen LogP contribution < -0.4 is 4.74 Å². The zero-order valence-corrected chi connectivity index (χ0v) is 19.6. The van der Waals surface area contributed by atoms with E-state index in [2.05, 4.69) is 6.92 Å². The number of ether oxygens (including phenoxy) is 1. The van der Waals surface area contributed by atoms with E-state index in [1.54, 1.807) is 7.11 Å². The zero-order valence-electron chi connectivity index (χ0n) is 15.7. The van der Waals surface area contributed by atoms with Crippen molar-refractivity contribution in [1.82, 2.24) is 0 Å². The van der Waals surface area contributed by atoms with Crippen LogP contribution in [-0.2, 0) is 20.8 Å². The molecule has 2 aromatic rings. The molecule has 3 nitrogen and oxygen atoms in total. The van der Waals surface area contributed by atoms with Crippen molar-refractivity contribution < 1.29 is 30.7 Å². The van der Waals surface area contributed by atoms with Crippen LogP contribution >= 0.6 is 17.0 Å². The van der Waals surface area contributed by atoms with Crippen molar-refractivity contribution in [2.45, 2.75) is 38.6 Å². The van der Waals surface area contributed by atoms with Gasteiger partial charge in [-0.1, -0.05) is 50.1 Å². The Morgan fingerprint density at radius 2 is 1.81 bits per heavy atom. The van der Waals surface area contributed by atoms with Crippen LogP contribution in [0.15, 0.2) is 47.5 Å². The molecule has 0 spiro atoms. The van der Waals surface area contributed by atoms with E-state index in [1.165, 1.54) is 19.3 Å². The van der Waals surface area contributed by atoms with Crippen molar-refractivity contribution in [3.63, 3.8) is 0 Å². The van der Waals surface area contributed by atoms with Crippen LogP contribution in [0, 0.1) is 5.92 Å². The number of benzene rings is 2. The molecule has 2 unspecified atom stereocenters.